The van der Waals surface area contributed by atoms with E-state index in [1.807, 2.05) is 30.3 Å². The van der Waals surface area contributed by atoms with E-state index < -0.39 is 0 Å². The Balaban J connectivity index is 1.67. The van der Waals surface area contributed by atoms with Crippen molar-refractivity contribution in [3.8, 4) is 0 Å². The highest BCUT2D eigenvalue weighted by Crippen LogP contribution is 2.19. The van der Waals surface area contributed by atoms with Gasteiger partial charge < -0.3 is 15.2 Å². The zero-order valence-corrected chi connectivity index (χ0v) is 10.8. The van der Waals surface area contributed by atoms with E-state index in [4.69, 9.17) is 15.2 Å². The molecule has 1 atom stereocenters. The van der Waals surface area contributed by atoms with Crippen LogP contribution in [0.4, 0.5) is 5.82 Å². The van der Waals surface area contributed by atoms with Crippen molar-refractivity contribution in [3.63, 3.8) is 0 Å². The number of rotatable bonds is 4. The molecule has 1 saturated heterocycles. The van der Waals surface area contributed by atoms with Gasteiger partial charge in [0.05, 0.1) is 24.8 Å². The first kappa shape index (κ1) is 12.4. The Bertz CT molecular complexity index is 565. The predicted octanol–water partition coefficient (Wildman–Crippen LogP) is 2.51. The highest BCUT2D eigenvalue weighted by molar-refractivity contribution is 5.81. The first-order valence-electron chi connectivity index (χ1n) is 6.66. The maximum atomic E-state index is 5.96. The smallest absolute Gasteiger partial charge is 0.129 e. The highest BCUT2D eigenvalue weighted by Gasteiger charge is 2.15. The topological polar surface area (TPSA) is 57.4 Å². The second-order valence-electron chi connectivity index (χ2n) is 4.88. The SMILES string of the molecule is Nc1nc2ccccc2cc1COCC1CCCO1. The summed E-state index contributed by atoms with van der Waals surface area (Å²) in [7, 11) is 0. The van der Waals surface area contributed by atoms with Gasteiger partial charge in [0.1, 0.15) is 5.82 Å². The summed E-state index contributed by atoms with van der Waals surface area (Å²) in [6.07, 6.45) is 2.47. The van der Waals surface area contributed by atoms with E-state index in [-0.39, 0.29) is 6.10 Å². The van der Waals surface area contributed by atoms with E-state index in [1.54, 1.807) is 0 Å². The molecule has 1 unspecified atom stereocenters. The van der Waals surface area contributed by atoms with Crippen LogP contribution in [0, 0.1) is 0 Å². The third-order valence-corrected chi connectivity index (χ3v) is 3.42. The van der Waals surface area contributed by atoms with Gasteiger partial charge in [-0.15, -0.1) is 0 Å². The number of nitrogens with two attached hydrogens (primary N) is 1. The minimum atomic E-state index is 0.245. The lowest BCUT2D eigenvalue weighted by molar-refractivity contribution is 0.0107. The summed E-state index contributed by atoms with van der Waals surface area (Å²) in [5, 5.41) is 1.09. The number of hydrogen-bond donors (Lipinski definition) is 1. The van der Waals surface area contributed by atoms with E-state index in [0.717, 1.165) is 35.9 Å². The molecule has 0 saturated carbocycles. The Morgan fingerprint density at radius 2 is 2.26 bits per heavy atom. The predicted molar refractivity (Wildman–Crippen MR) is 74.8 cm³/mol. The molecule has 1 aliphatic rings. The quantitative estimate of drug-likeness (QED) is 0.915. The van der Waals surface area contributed by atoms with Gasteiger partial charge in [0, 0.05) is 17.6 Å². The number of nitrogens with zero attached hydrogens (tertiary/aromatic N) is 1. The van der Waals surface area contributed by atoms with Gasteiger partial charge in [-0.2, -0.15) is 0 Å². The van der Waals surface area contributed by atoms with Gasteiger partial charge >= 0.3 is 0 Å². The molecule has 0 radical (unpaired) electrons. The summed E-state index contributed by atoms with van der Waals surface area (Å²) >= 11 is 0. The number of hydrogen-bond acceptors (Lipinski definition) is 4. The van der Waals surface area contributed by atoms with Gasteiger partial charge in [-0.25, -0.2) is 4.98 Å². The summed E-state index contributed by atoms with van der Waals surface area (Å²) in [6.45, 7) is 1.98. The lowest BCUT2D eigenvalue weighted by Gasteiger charge is -2.11. The highest BCUT2D eigenvalue weighted by atomic mass is 16.5. The number of nitrogen functional groups attached to an aromatic ring is 1. The lowest BCUT2D eigenvalue weighted by Crippen LogP contribution is -2.14. The maximum Gasteiger partial charge on any atom is 0.129 e. The standard InChI is InChI=1S/C15H18N2O2/c16-15-12(9-18-10-13-5-3-7-19-13)8-11-4-1-2-6-14(11)17-15/h1-2,4,6,8,13H,3,5,7,9-10H2,(H2,16,17). The summed E-state index contributed by atoms with van der Waals surface area (Å²) in [4.78, 5) is 4.39. The molecule has 1 fully saturated rings. The van der Waals surface area contributed by atoms with Crippen LogP contribution in [0.5, 0.6) is 0 Å². The van der Waals surface area contributed by atoms with Gasteiger partial charge in [0.25, 0.3) is 0 Å². The number of pyridine rings is 1. The van der Waals surface area contributed by atoms with Gasteiger partial charge in [-0.05, 0) is 25.0 Å². The molecule has 0 bridgehead atoms. The fraction of sp³-hybridized carbons (Fsp3) is 0.400. The van der Waals surface area contributed by atoms with E-state index in [0.29, 0.717) is 19.0 Å². The minimum Gasteiger partial charge on any atom is -0.383 e. The van der Waals surface area contributed by atoms with Crippen LogP contribution in [0.15, 0.2) is 30.3 Å². The first-order chi connectivity index (χ1) is 9.33. The molecule has 3 rings (SSSR count). The molecule has 2 heterocycles. The van der Waals surface area contributed by atoms with Gasteiger partial charge in [-0.1, -0.05) is 18.2 Å². The zero-order valence-electron chi connectivity index (χ0n) is 10.8. The Morgan fingerprint density at radius 1 is 1.37 bits per heavy atom. The molecule has 0 spiro atoms. The number of aromatic nitrogens is 1. The maximum absolute atomic E-state index is 5.96. The van der Waals surface area contributed by atoms with Crippen molar-refractivity contribution in [3.05, 3.63) is 35.9 Å². The third-order valence-electron chi connectivity index (χ3n) is 3.42. The van der Waals surface area contributed by atoms with Crippen LogP contribution in [0.1, 0.15) is 18.4 Å². The molecular formula is C15H18N2O2. The van der Waals surface area contributed by atoms with E-state index in [2.05, 4.69) is 4.98 Å². The normalized spacial score (nSPS) is 19.1. The van der Waals surface area contributed by atoms with Crippen LogP contribution >= 0.6 is 0 Å². The van der Waals surface area contributed by atoms with Crippen molar-refractivity contribution in [2.24, 2.45) is 0 Å². The number of para-hydroxylation sites is 1. The fourth-order valence-electron chi connectivity index (χ4n) is 2.37. The van der Waals surface area contributed by atoms with Crippen molar-refractivity contribution in [1.82, 2.24) is 4.98 Å². The lowest BCUT2D eigenvalue weighted by atomic mass is 10.1. The molecule has 1 aliphatic heterocycles. The van der Waals surface area contributed by atoms with Crippen molar-refractivity contribution in [2.45, 2.75) is 25.6 Å². The summed E-state index contributed by atoms with van der Waals surface area (Å²) in [5.74, 6) is 0.547. The molecular weight excluding hydrogens is 240 g/mol. The van der Waals surface area contributed by atoms with Crippen molar-refractivity contribution < 1.29 is 9.47 Å². The molecule has 2 N–H and O–H groups in total. The van der Waals surface area contributed by atoms with Gasteiger partial charge in [0.15, 0.2) is 0 Å². The molecule has 2 aromatic rings. The third kappa shape index (κ3) is 2.85. The average Bonchev–Trinajstić information content (AvgIpc) is 2.92. The molecule has 1 aromatic heterocycles. The summed E-state index contributed by atoms with van der Waals surface area (Å²) in [5.41, 5.74) is 7.82. The zero-order chi connectivity index (χ0) is 13.1. The summed E-state index contributed by atoms with van der Waals surface area (Å²) < 4.78 is 11.2. The van der Waals surface area contributed by atoms with Crippen LogP contribution in [0.25, 0.3) is 10.9 Å². The molecule has 0 aliphatic carbocycles. The Morgan fingerprint density at radius 3 is 3.11 bits per heavy atom. The van der Waals surface area contributed by atoms with Crippen LogP contribution in [-0.4, -0.2) is 24.3 Å². The monoisotopic (exact) mass is 258 g/mol. The largest absolute Gasteiger partial charge is 0.383 e. The van der Waals surface area contributed by atoms with E-state index in [9.17, 15) is 0 Å². The average molecular weight is 258 g/mol. The number of anilines is 1. The van der Waals surface area contributed by atoms with Crippen LogP contribution in [-0.2, 0) is 16.1 Å². The molecule has 19 heavy (non-hydrogen) atoms. The van der Waals surface area contributed by atoms with E-state index in [1.165, 1.54) is 0 Å². The van der Waals surface area contributed by atoms with Crippen LogP contribution < -0.4 is 5.73 Å². The summed E-state index contributed by atoms with van der Waals surface area (Å²) in [6, 6.07) is 10.0. The van der Waals surface area contributed by atoms with E-state index >= 15 is 0 Å². The minimum absolute atomic E-state index is 0.245. The second kappa shape index (κ2) is 5.55. The Kier molecular flexibility index (Phi) is 3.62. The number of fused-ring (bicyclic) bond motifs is 1. The van der Waals surface area contributed by atoms with Crippen LogP contribution in [0.2, 0.25) is 0 Å². The second-order valence-corrected chi connectivity index (χ2v) is 4.88. The Labute approximate surface area is 112 Å². The number of ether oxygens (including phenoxy) is 2. The van der Waals surface area contributed by atoms with Crippen LogP contribution in [0.3, 0.4) is 0 Å². The van der Waals surface area contributed by atoms with Crippen molar-refractivity contribution in [2.75, 3.05) is 18.9 Å². The number of benzene rings is 1. The first-order valence-corrected chi connectivity index (χ1v) is 6.66. The molecule has 1 aromatic carbocycles. The van der Waals surface area contributed by atoms with Gasteiger partial charge in [-0.3, -0.25) is 0 Å². The molecule has 4 nitrogen and oxygen atoms in total. The van der Waals surface area contributed by atoms with Gasteiger partial charge in [0.2, 0.25) is 0 Å². The molecule has 100 valence electrons. The molecule has 4 heteroatoms. The molecule has 0 amide bonds. The van der Waals surface area contributed by atoms with Crippen molar-refractivity contribution >= 4 is 16.7 Å². The fourth-order valence-corrected chi connectivity index (χ4v) is 2.37. The Hall–Kier alpha value is -1.65. The van der Waals surface area contributed by atoms with Crippen molar-refractivity contribution in [1.29, 1.82) is 0 Å².